The molecule has 3 rings (SSSR count). The molecule has 0 saturated heterocycles. The molecule has 0 fully saturated rings. The second-order valence-electron chi connectivity index (χ2n) is 4.63. The second kappa shape index (κ2) is 5.60. The van der Waals surface area contributed by atoms with Crippen LogP contribution in [0.2, 0.25) is 0 Å². The van der Waals surface area contributed by atoms with Crippen LogP contribution in [0, 0.1) is 0 Å². The van der Waals surface area contributed by atoms with E-state index in [4.69, 9.17) is 0 Å². The predicted octanol–water partition coefficient (Wildman–Crippen LogP) is 3.57. The van der Waals surface area contributed by atoms with E-state index in [1.807, 2.05) is 0 Å². The van der Waals surface area contributed by atoms with Crippen molar-refractivity contribution in [3.05, 3.63) is 60.2 Å². The first-order chi connectivity index (χ1) is 10.7. The van der Waals surface area contributed by atoms with Gasteiger partial charge in [0.15, 0.2) is 0 Å². The van der Waals surface area contributed by atoms with Crippen molar-refractivity contribution in [2.24, 2.45) is 4.99 Å². The molecular formula is C17H10N2O3. The van der Waals surface area contributed by atoms with E-state index in [1.165, 1.54) is 12.1 Å². The van der Waals surface area contributed by atoms with Gasteiger partial charge in [0.1, 0.15) is 0 Å². The minimum Gasteiger partial charge on any atom is -0.478 e. The highest BCUT2D eigenvalue weighted by Gasteiger charge is 2.12. The largest absolute Gasteiger partial charge is 0.478 e. The lowest BCUT2D eigenvalue weighted by molar-refractivity contribution is 0.0699. The number of aromatic carboxylic acids is 1. The van der Waals surface area contributed by atoms with Gasteiger partial charge in [0, 0.05) is 10.9 Å². The number of para-hydroxylation sites is 1. The number of carboxylic acids is 1. The molecule has 0 aliphatic rings. The summed E-state index contributed by atoms with van der Waals surface area (Å²) in [5.41, 5.74) is 2.43. The number of hydrogen-bond donors (Lipinski definition) is 1. The molecule has 0 unspecified atom stereocenters. The van der Waals surface area contributed by atoms with Crippen LogP contribution in [-0.2, 0) is 4.79 Å². The summed E-state index contributed by atoms with van der Waals surface area (Å²) in [6, 6.07) is 15.4. The first-order valence-electron chi connectivity index (χ1n) is 6.50. The number of hydrogen-bond acceptors (Lipinski definition) is 4. The van der Waals surface area contributed by atoms with Crippen LogP contribution in [0.4, 0.5) is 5.69 Å². The molecule has 0 aliphatic carbocycles. The number of nitrogens with zero attached hydrogens (tertiary/aromatic N) is 2. The number of carboxylic acid groups (broad SMARTS) is 1. The molecular weight excluding hydrogens is 280 g/mol. The number of carbonyl (C=O) groups excluding carboxylic acids is 1. The highest BCUT2D eigenvalue weighted by molar-refractivity contribution is 6.03. The van der Waals surface area contributed by atoms with Crippen molar-refractivity contribution in [3.8, 4) is 11.3 Å². The number of fused-ring (bicyclic) bond motifs is 1. The maximum absolute atomic E-state index is 11.5. The maximum atomic E-state index is 11.5. The van der Waals surface area contributed by atoms with E-state index < -0.39 is 5.97 Å². The lowest BCUT2D eigenvalue weighted by Gasteiger charge is -2.07. The predicted molar refractivity (Wildman–Crippen MR) is 81.9 cm³/mol. The Morgan fingerprint density at radius 2 is 1.91 bits per heavy atom. The van der Waals surface area contributed by atoms with Crippen LogP contribution >= 0.6 is 0 Å². The Balaban J connectivity index is 2.25. The molecule has 0 saturated carbocycles. The molecule has 5 heteroatoms. The Bertz CT molecular complexity index is 928. The van der Waals surface area contributed by atoms with Gasteiger partial charge in [-0.1, -0.05) is 30.3 Å². The van der Waals surface area contributed by atoms with Crippen LogP contribution in [0.5, 0.6) is 0 Å². The van der Waals surface area contributed by atoms with E-state index in [1.54, 1.807) is 48.5 Å². The van der Waals surface area contributed by atoms with E-state index in [0.717, 1.165) is 0 Å². The fourth-order valence-electron chi connectivity index (χ4n) is 2.29. The Kier molecular flexibility index (Phi) is 3.48. The summed E-state index contributed by atoms with van der Waals surface area (Å²) in [5.74, 6) is -1.01. The van der Waals surface area contributed by atoms with Crippen LogP contribution < -0.4 is 0 Å². The first kappa shape index (κ1) is 13.7. The summed E-state index contributed by atoms with van der Waals surface area (Å²) in [6.45, 7) is 0. The quantitative estimate of drug-likeness (QED) is 0.590. The molecule has 22 heavy (non-hydrogen) atoms. The molecule has 106 valence electrons. The Morgan fingerprint density at radius 3 is 2.68 bits per heavy atom. The lowest BCUT2D eigenvalue weighted by atomic mass is 10.0. The molecule has 5 nitrogen and oxygen atoms in total. The van der Waals surface area contributed by atoms with Crippen molar-refractivity contribution in [2.75, 3.05) is 0 Å². The normalized spacial score (nSPS) is 10.2. The van der Waals surface area contributed by atoms with Crippen molar-refractivity contribution >= 4 is 28.6 Å². The summed E-state index contributed by atoms with van der Waals surface area (Å²) in [5, 5.41) is 9.98. The number of rotatable bonds is 3. The second-order valence-corrected chi connectivity index (χ2v) is 4.63. The van der Waals surface area contributed by atoms with Crippen molar-refractivity contribution < 1.29 is 14.7 Å². The van der Waals surface area contributed by atoms with Crippen molar-refractivity contribution in [1.82, 2.24) is 4.98 Å². The van der Waals surface area contributed by atoms with Crippen LogP contribution in [0.3, 0.4) is 0 Å². The van der Waals surface area contributed by atoms with Crippen LogP contribution in [0.15, 0.2) is 59.6 Å². The fourth-order valence-corrected chi connectivity index (χ4v) is 2.29. The highest BCUT2D eigenvalue weighted by Crippen LogP contribution is 2.27. The number of isocyanates is 1. The lowest BCUT2D eigenvalue weighted by Crippen LogP contribution is -2.00. The van der Waals surface area contributed by atoms with E-state index in [9.17, 15) is 14.7 Å². The third-order valence-electron chi connectivity index (χ3n) is 3.26. The zero-order chi connectivity index (χ0) is 15.5. The molecule has 0 aliphatic heterocycles. The van der Waals surface area contributed by atoms with E-state index >= 15 is 0 Å². The van der Waals surface area contributed by atoms with Gasteiger partial charge in [0.05, 0.1) is 22.5 Å². The van der Waals surface area contributed by atoms with Gasteiger partial charge >= 0.3 is 5.97 Å². The Labute approximate surface area is 125 Å². The number of aromatic nitrogens is 1. The third kappa shape index (κ3) is 2.49. The van der Waals surface area contributed by atoms with E-state index in [0.29, 0.717) is 27.8 Å². The molecule has 1 heterocycles. The Morgan fingerprint density at radius 1 is 1.09 bits per heavy atom. The molecule has 0 spiro atoms. The highest BCUT2D eigenvalue weighted by atomic mass is 16.4. The van der Waals surface area contributed by atoms with E-state index in [-0.39, 0.29) is 5.56 Å². The maximum Gasteiger partial charge on any atom is 0.336 e. The van der Waals surface area contributed by atoms with Gasteiger partial charge in [0.25, 0.3) is 0 Å². The topological polar surface area (TPSA) is 79.6 Å². The van der Waals surface area contributed by atoms with Crippen LogP contribution in [0.25, 0.3) is 22.2 Å². The average molecular weight is 290 g/mol. The van der Waals surface area contributed by atoms with Gasteiger partial charge in [0.2, 0.25) is 6.08 Å². The number of benzene rings is 2. The molecule has 1 aromatic heterocycles. The fraction of sp³-hybridized carbons (Fsp3) is 0. The van der Waals surface area contributed by atoms with E-state index in [2.05, 4.69) is 9.98 Å². The molecule has 0 radical (unpaired) electrons. The van der Waals surface area contributed by atoms with Gasteiger partial charge in [-0.15, -0.1) is 0 Å². The SMILES string of the molecule is O=C=Nc1cccc(-c2cc(C(=O)O)c3ccccc3n2)c1. The molecule has 3 aromatic rings. The molecule has 0 bridgehead atoms. The van der Waals surface area contributed by atoms with Crippen LogP contribution in [-0.4, -0.2) is 22.1 Å². The van der Waals surface area contributed by atoms with Gasteiger partial charge in [-0.05, 0) is 24.3 Å². The number of pyridine rings is 1. The van der Waals surface area contributed by atoms with Gasteiger partial charge in [-0.25, -0.2) is 14.6 Å². The van der Waals surface area contributed by atoms with Crippen molar-refractivity contribution in [3.63, 3.8) is 0 Å². The van der Waals surface area contributed by atoms with Gasteiger partial charge in [-0.3, -0.25) is 0 Å². The molecule has 0 atom stereocenters. The van der Waals surface area contributed by atoms with Crippen molar-refractivity contribution in [1.29, 1.82) is 0 Å². The molecule has 2 aromatic carbocycles. The minimum absolute atomic E-state index is 0.185. The van der Waals surface area contributed by atoms with Crippen molar-refractivity contribution in [2.45, 2.75) is 0 Å². The monoisotopic (exact) mass is 290 g/mol. The zero-order valence-corrected chi connectivity index (χ0v) is 11.4. The average Bonchev–Trinajstić information content (AvgIpc) is 2.54. The summed E-state index contributed by atoms with van der Waals surface area (Å²) in [6.07, 6.45) is 1.48. The summed E-state index contributed by atoms with van der Waals surface area (Å²) < 4.78 is 0. The minimum atomic E-state index is -1.01. The zero-order valence-electron chi connectivity index (χ0n) is 11.4. The molecule has 1 N–H and O–H groups in total. The molecule has 0 amide bonds. The van der Waals surface area contributed by atoms with Crippen LogP contribution in [0.1, 0.15) is 10.4 Å². The van der Waals surface area contributed by atoms with Gasteiger partial charge < -0.3 is 5.11 Å². The Hall–Kier alpha value is -3.30. The van der Waals surface area contributed by atoms with Gasteiger partial charge in [-0.2, -0.15) is 4.99 Å². The number of aliphatic imine (C=N–C) groups is 1. The summed E-state index contributed by atoms with van der Waals surface area (Å²) >= 11 is 0. The first-order valence-corrected chi connectivity index (χ1v) is 6.50. The standard InChI is InChI=1S/C17H10N2O3/c20-10-18-12-5-3-4-11(8-12)16-9-14(17(21)22)13-6-1-2-7-15(13)19-16/h1-9H,(H,21,22). The third-order valence-corrected chi connectivity index (χ3v) is 3.26. The summed E-state index contributed by atoms with van der Waals surface area (Å²) in [7, 11) is 0. The summed E-state index contributed by atoms with van der Waals surface area (Å²) in [4.78, 5) is 29.9. The number of carbonyl (C=O) groups is 1. The smallest absolute Gasteiger partial charge is 0.336 e.